The fourth-order valence-electron chi connectivity index (χ4n) is 1.55. The summed E-state index contributed by atoms with van der Waals surface area (Å²) in [7, 11) is 1.60. The van der Waals surface area contributed by atoms with Gasteiger partial charge in [0.2, 0.25) is 0 Å². The second-order valence-electron chi connectivity index (χ2n) is 3.67. The van der Waals surface area contributed by atoms with Crippen molar-refractivity contribution in [2.45, 2.75) is 10.8 Å². The molecule has 1 heterocycles. The third-order valence-electron chi connectivity index (χ3n) is 2.47. The lowest BCUT2D eigenvalue weighted by atomic mass is 10.1. The molecule has 0 atom stereocenters. The number of ether oxygens (including phenoxy) is 1. The van der Waals surface area contributed by atoms with Crippen LogP contribution in [-0.2, 0) is 5.75 Å². The van der Waals surface area contributed by atoms with Gasteiger partial charge in [0, 0.05) is 23.7 Å². The smallest absolute Gasteiger partial charge is 0.156 e. The summed E-state index contributed by atoms with van der Waals surface area (Å²) in [5.41, 5.74) is 7.26. The normalized spacial score (nSPS) is 9.89. The lowest BCUT2D eigenvalue weighted by Gasteiger charge is -2.08. The molecular formula is C13H12N4OS. The number of aromatic nitrogens is 2. The van der Waals surface area contributed by atoms with Gasteiger partial charge in [-0.1, -0.05) is 11.8 Å². The van der Waals surface area contributed by atoms with Gasteiger partial charge in [-0.2, -0.15) is 5.26 Å². The van der Waals surface area contributed by atoms with Crippen LogP contribution in [0.25, 0.3) is 0 Å². The van der Waals surface area contributed by atoms with E-state index in [-0.39, 0.29) is 0 Å². The number of hydrogen-bond acceptors (Lipinski definition) is 6. The molecular weight excluding hydrogens is 260 g/mol. The Balaban J connectivity index is 2.19. The molecule has 0 aliphatic carbocycles. The van der Waals surface area contributed by atoms with Crippen molar-refractivity contribution in [1.82, 2.24) is 9.97 Å². The number of hydrogen-bond donors (Lipinski definition) is 1. The molecule has 0 unspecified atom stereocenters. The maximum Gasteiger partial charge on any atom is 0.156 e. The molecule has 5 nitrogen and oxygen atoms in total. The molecule has 96 valence electrons. The Labute approximate surface area is 115 Å². The maximum atomic E-state index is 8.92. The number of methoxy groups -OCH3 is 1. The number of benzene rings is 1. The Hall–Kier alpha value is -2.26. The highest BCUT2D eigenvalue weighted by atomic mass is 32.2. The average Bonchev–Trinajstić information content (AvgIpc) is 2.46. The highest BCUT2D eigenvalue weighted by molar-refractivity contribution is 7.98. The molecule has 0 fully saturated rings. The van der Waals surface area contributed by atoms with Crippen LogP contribution in [-0.4, -0.2) is 17.1 Å². The van der Waals surface area contributed by atoms with E-state index in [9.17, 15) is 0 Å². The Morgan fingerprint density at radius 2 is 2.16 bits per heavy atom. The van der Waals surface area contributed by atoms with Crippen LogP contribution < -0.4 is 10.5 Å². The van der Waals surface area contributed by atoms with E-state index in [4.69, 9.17) is 15.7 Å². The number of rotatable bonds is 4. The molecule has 0 spiro atoms. The Morgan fingerprint density at radius 1 is 1.37 bits per heavy atom. The lowest BCUT2D eigenvalue weighted by Crippen LogP contribution is -1.96. The summed E-state index contributed by atoms with van der Waals surface area (Å²) >= 11 is 1.46. The zero-order chi connectivity index (χ0) is 13.7. The zero-order valence-corrected chi connectivity index (χ0v) is 11.1. The zero-order valence-electron chi connectivity index (χ0n) is 10.3. The summed E-state index contributed by atoms with van der Waals surface area (Å²) < 4.78 is 5.27. The summed E-state index contributed by atoms with van der Waals surface area (Å²) in [4.78, 5) is 8.14. The SMILES string of the molecule is COc1ccc(C#N)cc1CSc1nccnc1N. The van der Waals surface area contributed by atoms with Gasteiger partial charge in [-0.15, -0.1) is 0 Å². The van der Waals surface area contributed by atoms with Gasteiger partial charge in [-0.25, -0.2) is 9.97 Å². The number of anilines is 1. The number of thioether (sulfide) groups is 1. The number of nitrogen functional groups attached to an aromatic ring is 1. The van der Waals surface area contributed by atoms with Gasteiger partial charge in [0.1, 0.15) is 10.8 Å². The predicted molar refractivity (Wildman–Crippen MR) is 73.7 cm³/mol. The van der Waals surface area contributed by atoms with Crippen LogP contribution in [0.1, 0.15) is 11.1 Å². The second-order valence-corrected chi connectivity index (χ2v) is 4.64. The minimum Gasteiger partial charge on any atom is -0.496 e. The minimum absolute atomic E-state index is 0.405. The van der Waals surface area contributed by atoms with Crippen molar-refractivity contribution in [3.8, 4) is 11.8 Å². The molecule has 0 bridgehead atoms. The molecule has 0 saturated carbocycles. The van der Waals surface area contributed by atoms with E-state index in [1.165, 1.54) is 11.8 Å². The summed E-state index contributed by atoms with van der Waals surface area (Å²) in [6.07, 6.45) is 3.15. The molecule has 1 aromatic carbocycles. The van der Waals surface area contributed by atoms with Gasteiger partial charge in [-0.3, -0.25) is 0 Å². The first kappa shape index (κ1) is 13.2. The highest BCUT2D eigenvalue weighted by Gasteiger charge is 2.08. The lowest BCUT2D eigenvalue weighted by molar-refractivity contribution is 0.411. The summed E-state index contributed by atoms with van der Waals surface area (Å²) in [5, 5.41) is 9.59. The van der Waals surface area contributed by atoms with Gasteiger partial charge in [-0.05, 0) is 18.2 Å². The van der Waals surface area contributed by atoms with E-state index in [0.717, 1.165) is 11.3 Å². The minimum atomic E-state index is 0.405. The van der Waals surface area contributed by atoms with Crippen molar-refractivity contribution in [3.63, 3.8) is 0 Å². The molecule has 0 aliphatic rings. The Kier molecular flexibility index (Phi) is 4.21. The monoisotopic (exact) mass is 272 g/mol. The molecule has 6 heteroatoms. The van der Waals surface area contributed by atoms with Gasteiger partial charge in [0.05, 0.1) is 18.7 Å². The molecule has 2 rings (SSSR count). The van der Waals surface area contributed by atoms with E-state index in [2.05, 4.69) is 16.0 Å². The molecule has 1 aromatic heterocycles. The van der Waals surface area contributed by atoms with Crippen molar-refractivity contribution >= 4 is 17.6 Å². The standard InChI is InChI=1S/C13H12N4OS/c1-18-11-3-2-9(7-14)6-10(11)8-19-13-12(15)16-4-5-17-13/h2-6H,8H2,1H3,(H2,15,16). The predicted octanol–water partition coefficient (Wildman–Crippen LogP) is 2.23. The van der Waals surface area contributed by atoms with Gasteiger partial charge in [0.15, 0.2) is 5.82 Å². The van der Waals surface area contributed by atoms with E-state index in [1.54, 1.807) is 37.7 Å². The fraction of sp³-hybridized carbons (Fsp3) is 0.154. The van der Waals surface area contributed by atoms with Crippen LogP contribution in [0.3, 0.4) is 0 Å². The second kappa shape index (κ2) is 6.07. The third-order valence-corrected chi connectivity index (χ3v) is 3.51. The van der Waals surface area contributed by atoms with Gasteiger partial charge < -0.3 is 10.5 Å². The van der Waals surface area contributed by atoms with Crippen LogP contribution >= 0.6 is 11.8 Å². The van der Waals surface area contributed by atoms with Crippen LogP contribution in [0.5, 0.6) is 5.75 Å². The quantitative estimate of drug-likeness (QED) is 0.859. The first-order valence-corrected chi connectivity index (χ1v) is 6.49. The van der Waals surface area contributed by atoms with E-state index >= 15 is 0 Å². The van der Waals surface area contributed by atoms with Crippen molar-refractivity contribution < 1.29 is 4.74 Å². The van der Waals surface area contributed by atoms with Crippen molar-refractivity contribution in [2.24, 2.45) is 0 Å². The van der Waals surface area contributed by atoms with Crippen molar-refractivity contribution in [3.05, 3.63) is 41.7 Å². The molecule has 0 radical (unpaired) electrons. The summed E-state index contributed by atoms with van der Waals surface area (Å²) in [6, 6.07) is 7.43. The third kappa shape index (κ3) is 3.14. The topological polar surface area (TPSA) is 84.8 Å². The maximum absolute atomic E-state index is 8.92. The van der Waals surface area contributed by atoms with E-state index in [1.807, 2.05) is 0 Å². The van der Waals surface area contributed by atoms with Crippen molar-refractivity contribution in [2.75, 3.05) is 12.8 Å². The largest absolute Gasteiger partial charge is 0.496 e. The van der Waals surface area contributed by atoms with Crippen LogP contribution in [0.2, 0.25) is 0 Å². The van der Waals surface area contributed by atoms with Gasteiger partial charge >= 0.3 is 0 Å². The number of nitrogens with two attached hydrogens (primary N) is 1. The fourth-order valence-corrected chi connectivity index (χ4v) is 2.41. The molecule has 19 heavy (non-hydrogen) atoms. The first-order chi connectivity index (χ1) is 9.24. The summed E-state index contributed by atoms with van der Waals surface area (Å²) in [5.74, 6) is 1.76. The Bertz CT molecular complexity index is 624. The number of nitrogens with zero attached hydrogens (tertiary/aromatic N) is 3. The van der Waals surface area contributed by atoms with E-state index < -0.39 is 0 Å². The molecule has 0 saturated heterocycles. The number of nitriles is 1. The van der Waals surface area contributed by atoms with Crippen LogP contribution in [0, 0.1) is 11.3 Å². The molecule has 2 N–H and O–H groups in total. The van der Waals surface area contributed by atoms with Crippen LogP contribution in [0.4, 0.5) is 5.82 Å². The molecule has 0 amide bonds. The average molecular weight is 272 g/mol. The summed E-state index contributed by atoms with van der Waals surface area (Å²) in [6.45, 7) is 0. The molecule has 0 aliphatic heterocycles. The molecule has 2 aromatic rings. The van der Waals surface area contributed by atoms with Gasteiger partial charge in [0.25, 0.3) is 0 Å². The highest BCUT2D eigenvalue weighted by Crippen LogP contribution is 2.29. The van der Waals surface area contributed by atoms with E-state index in [0.29, 0.717) is 22.2 Å². The Morgan fingerprint density at radius 3 is 2.84 bits per heavy atom. The first-order valence-electron chi connectivity index (χ1n) is 5.51. The van der Waals surface area contributed by atoms with Crippen molar-refractivity contribution in [1.29, 1.82) is 5.26 Å². The van der Waals surface area contributed by atoms with Crippen LogP contribution in [0.15, 0.2) is 35.6 Å².